The lowest BCUT2D eigenvalue weighted by Crippen LogP contribution is -2.01. The summed E-state index contributed by atoms with van der Waals surface area (Å²) >= 11 is 13.3. The molecule has 0 aliphatic rings. The third-order valence-corrected chi connectivity index (χ3v) is 3.33. The Morgan fingerprint density at radius 2 is 2.25 bits per heavy atom. The molecule has 0 spiro atoms. The monoisotopic (exact) mass is 279 g/mol. The number of carbonyl (C=O) groups is 1. The molecule has 0 saturated carbocycles. The van der Waals surface area contributed by atoms with Crippen molar-refractivity contribution < 1.29 is 9.53 Å². The minimum atomic E-state index is -0.211. The van der Waals surface area contributed by atoms with E-state index in [4.69, 9.17) is 23.2 Å². The summed E-state index contributed by atoms with van der Waals surface area (Å²) in [4.78, 5) is 15.0. The second-order valence-electron chi connectivity index (χ2n) is 2.94. The largest absolute Gasteiger partial charge is 0.469 e. The Labute approximate surface area is 108 Å². The molecule has 1 rings (SSSR count). The topological polar surface area (TPSA) is 39.2 Å². The van der Waals surface area contributed by atoms with E-state index in [0.29, 0.717) is 28.1 Å². The highest BCUT2D eigenvalue weighted by Gasteiger charge is 2.05. The van der Waals surface area contributed by atoms with Crippen molar-refractivity contribution in [3.05, 3.63) is 28.0 Å². The van der Waals surface area contributed by atoms with E-state index in [1.807, 2.05) is 0 Å². The van der Waals surface area contributed by atoms with Crippen molar-refractivity contribution in [2.24, 2.45) is 0 Å². The number of hydrogen-bond donors (Lipinski definition) is 0. The molecule has 0 fully saturated rings. The fraction of sp³-hybridized carbons (Fsp3) is 0.400. The molecule has 0 aliphatic carbocycles. The van der Waals surface area contributed by atoms with Crippen molar-refractivity contribution in [3.63, 3.8) is 0 Å². The Morgan fingerprint density at radius 3 is 2.94 bits per heavy atom. The number of methoxy groups -OCH3 is 1. The van der Waals surface area contributed by atoms with Crippen LogP contribution in [0.25, 0.3) is 0 Å². The Bertz CT molecular complexity index is 374. The summed E-state index contributed by atoms with van der Waals surface area (Å²) in [5.74, 6) is 1.10. The zero-order chi connectivity index (χ0) is 12.0. The summed E-state index contributed by atoms with van der Waals surface area (Å²) in [6.07, 6.45) is 0.388. The number of thioether (sulfide) groups is 1. The third-order valence-electron chi connectivity index (χ3n) is 1.80. The molecule has 3 nitrogen and oxygen atoms in total. The van der Waals surface area contributed by atoms with Crippen LogP contribution < -0.4 is 0 Å². The first-order valence-corrected chi connectivity index (χ1v) is 6.50. The number of hydrogen-bond acceptors (Lipinski definition) is 4. The van der Waals surface area contributed by atoms with Crippen molar-refractivity contribution >= 4 is 40.9 Å². The summed E-state index contributed by atoms with van der Waals surface area (Å²) < 4.78 is 4.53. The Balaban J connectivity index is 2.37. The van der Waals surface area contributed by atoms with Gasteiger partial charge in [0.2, 0.25) is 0 Å². The van der Waals surface area contributed by atoms with Gasteiger partial charge in [-0.15, -0.1) is 0 Å². The average Bonchev–Trinajstić information content (AvgIpc) is 2.28. The third kappa shape index (κ3) is 4.60. The molecule has 1 heterocycles. The first-order chi connectivity index (χ1) is 7.63. The van der Waals surface area contributed by atoms with Gasteiger partial charge in [0.15, 0.2) is 0 Å². The number of halogens is 2. The Kier molecular flexibility index (Phi) is 5.95. The molecule has 88 valence electrons. The van der Waals surface area contributed by atoms with Crippen LogP contribution in [0.2, 0.25) is 10.2 Å². The predicted octanol–water partition coefficient (Wildman–Crippen LogP) is 3.18. The zero-order valence-corrected chi connectivity index (χ0v) is 11.0. The number of ether oxygens (including phenoxy) is 1. The molecular formula is C10H11Cl2NO2S. The van der Waals surface area contributed by atoms with Crippen molar-refractivity contribution in [2.45, 2.75) is 12.2 Å². The molecule has 0 N–H and O–H groups in total. The van der Waals surface area contributed by atoms with Gasteiger partial charge in [-0.2, -0.15) is 11.8 Å². The molecule has 1 aromatic rings. The van der Waals surface area contributed by atoms with Gasteiger partial charge in [0.25, 0.3) is 0 Å². The van der Waals surface area contributed by atoms with E-state index in [1.54, 1.807) is 23.9 Å². The van der Waals surface area contributed by atoms with Crippen molar-refractivity contribution in [1.29, 1.82) is 0 Å². The molecule has 0 unspecified atom stereocenters. The number of carbonyl (C=O) groups excluding carboxylic acids is 1. The van der Waals surface area contributed by atoms with Crippen LogP contribution in [0.5, 0.6) is 0 Å². The van der Waals surface area contributed by atoms with E-state index < -0.39 is 0 Å². The van der Waals surface area contributed by atoms with Gasteiger partial charge in [0.1, 0.15) is 5.15 Å². The van der Waals surface area contributed by atoms with Gasteiger partial charge in [0.05, 0.1) is 24.2 Å². The van der Waals surface area contributed by atoms with Crippen LogP contribution in [-0.2, 0) is 15.3 Å². The summed E-state index contributed by atoms with van der Waals surface area (Å²) in [7, 11) is 1.38. The highest BCUT2D eigenvalue weighted by atomic mass is 35.5. The minimum absolute atomic E-state index is 0.211. The van der Waals surface area contributed by atoms with Crippen molar-refractivity contribution in [1.82, 2.24) is 4.98 Å². The van der Waals surface area contributed by atoms with E-state index in [0.717, 1.165) is 5.69 Å². The van der Waals surface area contributed by atoms with Crippen LogP contribution in [0.3, 0.4) is 0 Å². The summed E-state index contributed by atoms with van der Waals surface area (Å²) in [6, 6.07) is 3.36. The number of pyridine rings is 1. The SMILES string of the molecule is COC(=O)CCSCc1nc(Cl)ccc1Cl. The Hall–Kier alpha value is -0.450. The zero-order valence-electron chi connectivity index (χ0n) is 8.70. The van der Waals surface area contributed by atoms with Gasteiger partial charge >= 0.3 is 5.97 Å². The van der Waals surface area contributed by atoms with Crippen LogP contribution in [0.1, 0.15) is 12.1 Å². The van der Waals surface area contributed by atoms with Gasteiger partial charge in [-0.3, -0.25) is 4.79 Å². The molecule has 0 saturated heterocycles. The lowest BCUT2D eigenvalue weighted by Gasteiger charge is -2.03. The maximum Gasteiger partial charge on any atom is 0.306 e. The van der Waals surface area contributed by atoms with Crippen LogP contribution in [0, 0.1) is 0 Å². The highest BCUT2D eigenvalue weighted by Crippen LogP contribution is 2.21. The molecule has 6 heteroatoms. The first-order valence-electron chi connectivity index (χ1n) is 4.59. The number of rotatable bonds is 5. The van der Waals surface area contributed by atoms with E-state index in [-0.39, 0.29) is 5.97 Å². The molecule has 0 radical (unpaired) electrons. The summed E-state index contributed by atoms with van der Waals surface area (Å²) in [5.41, 5.74) is 0.740. The number of esters is 1. The molecule has 16 heavy (non-hydrogen) atoms. The molecule has 0 amide bonds. The molecule has 1 aromatic heterocycles. The van der Waals surface area contributed by atoms with Crippen molar-refractivity contribution in [3.8, 4) is 0 Å². The summed E-state index contributed by atoms with van der Waals surface area (Å²) in [6.45, 7) is 0. The van der Waals surface area contributed by atoms with E-state index in [1.165, 1.54) is 7.11 Å². The van der Waals surface area contributed by atoms with Crippen LogP contribution >= 0.6 is 35.0 Å². The maximum absolute atomic E-state index is 10.8. The number of nitrogens with zero attached hydrogens (tertiary/aromatic N) is 1. The van der Waals surface area contributed by atoms with Gasteiger partial charge in [0, 0.05) is 11.5 Å². The van der Waals surface area contributed by atoms with E-state index in [2.05, 4.69) is 9.72 Å². The van der Waals surface area contributed by atoms with Gasteiger partial charge in [-0.25, -0.2) is 4.98 Å². The fourth-order valence-electron chi connectivity index (χ4n) is 0.985. The molecule has 0 atom stereocenters. The quantitative estimate of drug-likeness (QED) is 0.472. The van der Waals surface area contributed by atoms with Gasteiger partial charge in [-0.1, -0.05) is 23.2 Å². The second kappa shape index (κ2) is 6.99. The molecule has 0 aliphatic heterocycles. The van der Waals surface area contributed by atoms with E-state index in [9.17, 15) is 4.79 Å². The maximum atomic E-state index is 10.8. The summed E-state index contributed by atoms with van der Waals surface area (Å²) in [5, 5.41) is 1.02. The standard InChI is InChI=1S/C10H11Cl2NO2S/c1-15-10(14)4-5-16-6-8-7(11)2-3-9(12)13-8/h2-3H,4-6H2,1H3. The second-order valence-corrected chi connectivity index (χ2v) is 4.84. The fourth-order valence-corrected chi connectivity index (χ4v) is 2.27. The minimum Gasteiger partial charge on any atom is -0.469 e. The first kappa shape index (κ1) is 13.6. The van der Waals surface area contributed by atoms with Crippen LogP contribution in [-0.4, -0.2) is 23.8 Å². The normalized spacial score (nSPS) is 10.2. The lowest BCUT2D eigenvalue weighted by atomic mass is 10.4. The molecule has 0 aromatic carbocycles. The Morgan fingerprint density at radius 1 is 1.50 bits per heavy atom. The van der Waals surface area contributed by atoms with Crippen LogP contribution in [0.4, 0.5) is 0 Å². The smallest absolute Gasteiger partial charge is 0.306 e. The van der Waals surface area contributed by atoms with Gasteiger partial charge < -0.3 is 4.74 Å². The van der Waals surface area contributed by atoms with E-state index >= 15 is 0 Å². The van der Waals surface area contributed by atoms with Crippen molar-refractivity contribution in [2.75, 3.05) is 12.9 Å². The lowest BCUT2D eigenvalue weighted by molar-refractivity contribution is -0.140. The molecule has 0 bridgehead atoms. The van der Waals surface area contributed by atoms with Crippen LogP contribution in [0.15, 0.2) is 12.1 Å². The highest BCUT2D eigenvalue weighted by molar-refractivity contribution is 7.98. The molecular weight excluding hydrogens is 269 g/mol. The van der Waals surface area contributed by atoms with Gasteiger partial charge in [-0.05, 0) is 12.1 Å². The average molecular weight is 280 g/mol. The number of aromatic nitrogens is 1. The predicted molar refractivity (Wildman–Crippen MR) is 67.1 cm³/mol.